The van der Waals surface area contributed by atoms with Gasteiger partial charge in [0.25, 0.3) is 0 Å². The number of hydrogen-bond donors (Lipinski definition) is 4. The van der Waals surface area contributed by atoms with Crippen LogP contribution in [0.4, 0.5) is 0 Å². The average molecular weight is 592 g/mol. The van der Waals surface area contributed by atoms with Crippen LogP contribution < -0.4 is 5.32 Å². The van der Waals surface area contributed by atoms with Crippen molar-refractivity contribution in [2.45, 2.75) is 186 Å². The minimum atomic E-state index is -1.10. The van der Waals surface area contributed by atoms with Crippen molar-refractivity contribution >= 4 is 5.91 Å². The maximum absolute atomic E-state index is 12.3. The lowest BCUT2D eigenvalue weighted by atomic mass is 10.0. The summed E-state index contributed by atoms with van der Waals surface area (Å²) in [6.07, 6.45) is 38.9. The molecule has 0 fully saturated rings. The topological polar surface area (TPSA) is 89.8 Å². The molecule has 5 heteroatoms. The first kappa shape index (κ1) is 40.6. The van der Waals surface area contributed by atoms with Crippen LogP contribution in [-0.4, -0.2) is 46.1 Å². The Morgan fingerprint density at radius 2 is 0.976 bits per heavy atom. The van der Waals surface area contributed by atoms with Crippen LogP contribution in [-0.2, 0) is 4.79 Å². The van der Waals surface area contributed by atoms with Crippen LogP contribution in [0.15, 0.2) is 36.5 Å². The van der Waals surface area contributed by atoms with E-state index >= 15 is 0 Å². The molecule has 1 amide bonds. The second-order valence-corrected chi connectivity index (χ2v) is 12.1. The van der Waals surface area contributed by atoms with Crippen LogP contribution in [0, 0.1) is 0 Å². The van der Waals surface area contributed by atoms with Crippen molar-refractivity contribution in [1.82, 2.24) is 5.32 Å². The molecule has 0 aromatic rings. The van der Waals surface area contributed by atoms with Gasteiger partial charge in [0, 0.05) is 0 Å². The summed E-state index contributed by atoms with van der Waals surface area (Å²) in [6, 6.07) is -0.815. The third-order valence-corrected chi connectivity index (χ3v) is 7.96. The van der Waals surface area contributed by atoms with Gasteiger partial charge in [-0.2, -0.15) is 0 Å². The quantitative estimate of drug-likeness (QED) is 0.0478. The molecule has 0 bridgehead atoms. The molecule has 42 heavy (non-hydrogen) atoms. The predicted octanol–water partition coefficient (Wildman–Crippen LogP) is 9.26. The summed E-state index contributed by atoms with van der Waals surface area (Å²) >= 11 is 0. The molecule has 0 spiro atoms. The van der Waals surface area contributed by atoms with E-state index in [2.05, 4.69) is 43.5 Å². The summed E-state index contributed by atoms with van der Waals surface area (Å²) in [6.45, 7) is 4.10. The third-order valence-electron chi connectivity index (χ3n) is 7.96. The van der Waals surface area contributed by atoms with Crippen molar-refractivity contribution < 1.29 is 20.1 Å². The summed E-state index contributed by atoms with van der Waals surface area (Å²) in [7, 11) is 0. The van der Waals surface area contributed by atoms with E-state index in [-0.39, 0.29) is 6.61 Å². The number of carbonyl (C=O) groups is 1. The number of carbonyl (C=O) groups excluding carboxylic acids is 1. The molecular weight excluding hydrogens is 522 g/mol. The van der Waals surface area contributed by atoms with Gasteiger partial charge in [-0.25, -0.2) is 0 Å². The van der Waals surface area contributed by atoms with E-state index in [1.54, 1.807) is 6.08 Å². The van der Waals surface area contributed by atoms with Crippen LogP contribution in [0.1, 0.15) is 168 Å². The standard InChI is InChI=1S/C37H69NO4/c1-3-5-7-9-11-13-14-15-16-17-18-19-20-21-22-23-24-26-27-29-31-35(40)34(33-39)38-37(42)36(41)32-30-28-25-12-10-8-6-4-2/h19-20,23-24,29,31,34-36,39-41H,3-18,21-22,25-28,30,32-33H2,1-2H3,(H,38,42)/b20-19+,24-23+,31-29+. The van der Waals surface area contributed by atoms with E-state index in [4.69, 9.17) is 0 Å². The zero-order valence-electron chi connectivity index (χ0n) is 27.6. The molecule has 0 aliphatic heterocycles. The van der Waals surface area contributed by atoms with Gasteiger partial charge in [-0.15, -0.1) is 0 Å². The third kappa shape index (κ3) is 27.4. The van der Waals surface area contributed by atoms with Gasteiger partial charge >= 0.3 is 0 Å². The van der Waals surface area contributed by atoms with Crippen LogP contribution in [0.2, 0.25) is 0 Å². The number of allylic oxidation sites excluding steroid dienone is 5. The Morgan fingerprint density at radius 1 is 0.571 bits per heavy atom. The van der Waals surface area contributed by atoms with Gasteiger partial charge in [0.1, 0.15) is 6.10 Å². The zero-order chi connectivity index (χ0) is 30.9. The molecule has 3 unspecified atom stereocenters. The fraction of sp³-hybridized carbons (Fsp3) is 0.811. The van der Waals surface area contributed by atoms with E-state index < -0.39 is 24.2 Å². The Morgan fingerprint density at radius 3 is 1.45 bits per heavy atom. The van der Waals surface area contributed by atoms with Gasteiger partial charge < -0.3 is 20.6 Å². The molecule has 0 aliphatic rings. The fourth-order valence-corrected chi connectivity index (χ4v) is 5.10. The second kappa shape index (κ2) is 32.5. The smallest absolute Gasteiger partial charge is 0.249 e. The maximum atomic E-state index is 12.3. The van der Waals surface area contributed by atoms with Crippen molar-refractivity contribution in [3.8, 4) is 0 Å². The minimum absolute atomic E-state index is 0.381. The van der Waals surface area contributed by atoms with Crippen molar-refractivity contribution in [2.75, 3.05) is 6.61 Å². The summed E-state index contributed by atoms with van der Waals surface area (Å²) in [5, 5.41) is 32.7. The van der Waals surface area contributed by atoms with Gasteiger partial charge in [0.2, 0.25) is 5.91 Å². The lowest BCUT2D eigenvalue weighted by molar-refractivity contribution is -0.131. The van der Waals surface area contributed by atoms with Crippen molar-refractivity contribution in [1.29, 1.82) is 0 Å². The molecule has 4 N–H and O–H groups in total. The van der Waals surface area contributed by atoms with Gasteiger partial charge in [-0.3, -0.25) is 4.79 Å². The van der Waals surface area contributed by atoms with Crippen LogP contribution in [0.25, 0.3) is 0 Å². The first-order valence-corrected chi connectivity index (χ1v) is 17.8. The summed E-state index contributed by atoms with van der Waals surface area (Å²) in [5.41, 5.74) is 0. The number of aliphatic hydroxyl groups is 3. The molecule has 0 aliphatic carbocycles. The first-order chi connectivity index (χ1) is 20.6. The monoisotopic (exact) mass is 592 g/mol. The molecule has 0 aromatic heterocycles. The van der Waals surface area contributed by atoms with Crippen molar-refractivity contribution in [2.24, 2.45) is 0 Å². The maximum Gasteiger partial charge on any atom is 0.249 e. The number of amides is 1. The summed E-state index contributed by atoms with van der Waals surface area (Å²) < 4.78 is 0. The molecule has 246 valence electrons. The Labute approximate surface area is 260 Å². The Kier molecular flexibility index (Phi) is 31.4. The minimum Gasteiger partial charge on any atom is -0.394 e. The van der Waals surface area contributed by atoms with E-state index in [0.717, 1.165) is 44.9 Å². The predicted molar refractivity (Wildman–Crippen MR) is 181 cm³/mol. The Hall–Kier alpha value is -1.43. The Balaban J connectivity index is 3.81. The highest BCUT2D eigenvalue weighted by Gasteiger charge is 2.22. The van der Waals surface area contributed by atoms with Crippen LogP contribution in [0.3, 0.4) is 0 Å². The molecule has 0 radical (unpaired) electrons. The van der Waals surface area contributed by atoms with Gasteiger partial charge in [-0.05, 0) is 44.9 Å². The van der Waals surface area contributed by atoms with E-state index in [0.29, 0.717) is 6.42 Å². The van der Waals surface area contributed by atoms with Gasteiger partial charge in [-0.1, -0.05) is 159 Å². The average Bonchev–Trinajstić information content (AvgIpc) is 2.99. The SMILES string of the molecule is CCCCCCCCCCCC/C=C/CC/C=C/CC/C=C/C(O)C(CO)NC(=O)C(O)CCCCCCCCCC. The second-order valence-electron chi connectivity index (χ2n) is 12.1. The van der Waals surface area contributed by atoms with E-state index in [1.165, 1.54) is 103 Å². The molecule has 3 atom stereocenters. The number of nitrogens with one attached hydrogen (secondary N) is 1. The highest BCUT2D eigenvalue weighted by atomic mass is 16.3. The van der Waals surface area contributed by atoms with E-state index in [9.17, 15) is 20.1 Å². The highest BCUT2D eigenvalue weighted by molar-refractivity contribution is 5.80. The molecule has 0 rings (SSSR count). The lowest BCUT2D eigenvalue weighted by Gasteiger charge is -2.21. The van der Waals surface area contributed by atoms with Gasteiger partial charge in [0.15, 0.2) is 0 Å². The number of aliphatic hydroxyl groups excluding tert-OH is 3. The largest absolute Gasteiger partial charge is 0.394 e. The summed E-state index contributed by atoms with van der Waals surface area (Å²) in [4.78, 5) is 12.3. The fourth-order valence-electron chi connectivity index (χ4n) is 5.10. The van der Waals surface area contributed by atoms with Crippen LogP contribution in [0.5, 0.6) is 0 Å². The molecule has 0 aromatic carbocycles. The number of rotatable bonds is 31. The lowest BCUT2D eigenvalue weighted by Crippen LogP contribution is -2.48. The van der Waals surface area contributed by atoms with Crippen molar-refractivity contribution in [3.63, 3.8) is 0 Å². The zero-order valence-corrected chi connectivity index (χ0v) is 27.6. The normalized spacial score (nSPS) is 14.3. The number of unbranched alkanes of at least 4 members (excludes halogenated alkanes) is 19. The molecule has 0 saturated heterocycles. The highest BCUT2D eigenvalue weighted by Crippen LogP contribution is 2.13. The molecule has 0 saturated carbocycles. The molecular formula is C37H69NO4. The first-order valence-electron chi connectivity index (χ1n) is 17.8. The van der Waals surface area contributed by atoms with Gasteiger partial charge in [0.05, 0.1) is 18.8 Å². The summed E-state index contributed by atoms with van der Waals surface area (Å²) in [5.74, 6) is -0.523. The van der Waals surface area contributed by atoms with Crippen molar-refractivity contribution in [3.05, 3.63) is 36.5 Å². The Bertz CT molecular complexity index is 660. The molecule has 0 heterocycles. The van der Waals surface area contributed by atoms with Crippen LogP contribution >= 0.6 is 0 Å². The number of hydrogen-bond acceptors (Lipinski definition) is 4. The molecule has 5 nitrogen and oxygen atoms in total. The van der Waals surface area contributed by atoms with E-state index in [1.807, 2.05) is 6.08 Å².